The fourth-order valence-electron chi connectivity index (χ4n) is 3.19. The number of carbonyl (C=O) groups is 1. The molecule has 5 nitrogen and oxygen atoms in total. The highest BCUT2D eigenvalue weighted by atomic mass is 32.2. The number of hydrogen-bond donors (Lipinski definition) is 2. The molecule has 9 heteroatoms. The van der Waals surface area contributed by atoms with Gasteiger partial charge in [-0.25, -0.2) is 8.42 Å². The fourth-order valence-corrected chi connectivity index (χ4v) is 4.07. The molecule has 1 amide bonds. The first kappa shape index (κ1) is 24.9. The van der Waals surface area contributed by atoms with Gasteiger partial charge in [0.2, 0.25) is 5.91 Å². The number of sulfone groups is 1. The van der Waals surface area contributed by atoms with Gasteiger partial charge in [0.1, 0.15) is 0 Å². The van der Waals surface area contributed by atoms with Crippen molar-refractivity contribution in [3.05, 3.63) is 59.7 Å². The van der Waals surface area contributed by atoms with Gasteiger partial charge in [-0.1, -0.05) is 45.0 Å². The van der Waals surface area contributed by atoms with Crippen LogP contribution in [0.3, 0.4) is 0 Å². The number of amides is 1. The van der Waals surface area contributed by atoms with E-state index in [9.17, 15) is 31.5 Å². The Kier molecular flexibility index (Phi) is 7.54. The van der Waals surface area contributed by atoms with E-state index in [-0.39, 0.29) is 34.2 Å². The molecular weight excluding hydrogens is 431 g/mol. The van der Waals surface area contributed by atoms with Crippen LogP contribution in [0.15, 0.2) is 53.4 Å². The first-order chi connectivity index (χ1) is 14.3. The monoisotopic (exact) mass is 457 g/mol. The number of carbonyl (C=O) groups excluding carboxylic acids is 1. The van der Waals surface area contributed by atoms with E-state index in [1.165, 1.54) is 24.3 Å². The zero-order chi connectivity index (χ0) is 23.4. The summed E-state index contributed by atoms with van der Waals surface area (Å²) >= 11 is 0. The Morgan fingerprint density at radius 3 is 2.03 bits per heavy atom. The largest absolute Gasteiger partial charge is 0.421 e. The van der Waals surface area contributed by atoms with Crippen molar-refractivity contribution in [2.45, 2.75) is 50.3 Å². The number of alkyl halides is 3. The molecule has 0 saturated heterocycles. The van der Waals surface area contributed by atoms with Crippen molar-refractivity contribution in [1.82, 2.24) is 0 Å². The Hall–Kier alpha value is -2.39. The number of nitrogens with one attached hydrogen (secondary N) is 1. The molecule has 0 radical (unpaired) electrons. The molecule has 2 N–H and O–H groups in total. The maximum Gasteiger partial charge on any atom is 0.421 e. The van der Waals surface area contributed by atoms with E-state index in [1.807, 2.05) is 0 Å². The molecule has 31 heavy (non-hydrogen) atoms. The smallest absolute Gasteiger partial charge is 0.376 e. The standard InChI is InChI=1S/C22H26F3NO4S/c1-4-31(29,30)19-11-5-16(6-12-19)13-20(27)26-18-9-7-17(8-10-18)21(28,14-15(2)3)22(23,24)25/h5-12,15,28H,4,13-14H2,1-3H3,(H,26,27). The fraction of sp³-hybridized carbons (Fsp3) is 0.409. The summed E-state index contributed by atoms with van der Waals surface area (Å²) in [5.41, 5.74) is -2.38. The highest BCUT2D eigenvalue weighted by Gasteiger charge is 2.54. The molecule has 0 bridgehead atoms. The van der Waals surface area contributed by atoms with E-state index in [1.54, 1.807) is 32.9 Å². The van der Waals surface area contributed by atoms with Crippen LogP contribution in [-0.2, 0) is 26.7 Å². The van der Waals surface area contributed by atoms with Crippen molar-refractivity contribution in [2.75, 3.05) is 11.1 Å². The second kappa shape index (κ2) is 9.40. The average Bonchev–Trinajstić information content (AvgIpc) is 2.67. The molecule has 0 aliphatic carbocycles. The number of halogens is 3. The normalized spacial score (nSPS) is 14.3. The third-order valence-electron chi connectivity index (χ3n) is 4.85. The SMILES string of the molecule is CCS(=O)(=O)c1ccc(CC(=O)Nc2ccc(C(O)(CC(C)C)C(F)(F)F)cc2)cc1. The molecule has 0 spiro atoms. The van der Waals surface area contributed by atoms with Crippen molar-refractivity contribution in [3.8, 4) is 0 Å². The topological polar surface area (TPSA) is 83.5 Å². The van der Waals surface area contributed by atoms with Crippen LogP contribution in [0.5, 0.6) is 0 Å². The van der Waals surface area contributed by atoms with Gasteiger partial charge in [-0.15, -0.1) is 0 Å². The number of rotatable bonds is 8. The highest BCUT2D eigenvalue weighted by Crippen LogP contribution is 2.43. The molecule has 2 rings (SSSR count). The Balaban J connectivity index is 2.10. The molecule has 0 aromatic heterocycles. The van der Waals surface area contributed by atoms with E-state index in [4.69, 9.17) is 0 Å². The summed E-state index contributed by atoms with van der Waals surface area (Å²) in [6.45, 7) is 4.73. The summed E-state index contributed by atoms with van der Waals surface area (Å²) in [6.07, 6.45) is -5.35. The molecule has 1 atom stereocenters. The minimum absolute atomic E-state index is 0.0243. The molecule has 170 valence electrons. The van der Waals surface area contributed by atoms with Crippen LogP contribution in [0, 0.1) is 5.92 Å². The van der Waals surface area contributed by atoms with Crippen molar-refractivity contribution in [3.63, 3.8) is 0 Å². The van der Waals surface area contributed by atoms with E-state index in [0.29, 0.717) is 5.56 Å². The molecule has 1 unspecified atom stereocenters. The molecule has 0 saturated carbocycles. The Labute approximate surface area is 180 Å². The van der Waals surface area contributed by atoms with Crippen LogP contribution in [-0.4, -0.2) is 31.4 Å². The molecule has 0 aliphatic heterocycles. The van der Waals surface area contributed by atoms with E-state index < -0.39 is 33.9 Å². The van der Waals surface area contributed by atoms with Crippen LogP contribution in [0.1, 0.15) is 38.3 Å². The minimum atomic E-state index is -4.83. The van der Waals surface area contributed by atoms with Crippen LogP contribution >= 0.6 is 0 Å². The summed E-state index contributed by atoms with van der Waals surface area (Å²) in [7, 11) is -3.33. The summed E-state index contributed by atoms with van der Waals surface area (Å²) in [5, 5.41) is 12.9. The first-order valence-corrected chi connectivity index (χ1v) is 11.4. The summed E-state index contributed by atoms with van der Waals surface area (Å²) in [5.74, 6) is -0.819. The van der Waals surface area contributed by atoms with Gasteiger partial charge in [-0.05, 0) is 47.7 Å². The lowest BCUT2D eigenvalue weighted by atomic mass is 9.85. The minimum Gasteiger partial charge on any atom is -0.376 e. The second-order valence-electron chi connectivity index (χ2n) is 7.81. The number of anilines is 1. The lowest BCUT2D eigenvalue weighted by Gasteiger charge is -2.32. The van der Waals surface area contributed by atoms with Crippen LogP contribution in [0.25, 0.3) is 0 Å². The molecule has 0 aliphatic rings. The third-order valence-corrected chi connectivity index (χ3v) is 6.60. The van der Waals surface area contributed by atoms with Crippen molar-refractivity contribution in [2.24, 2.45) is 5.92 Å². The first-order valence-electron chi connectivity index (χ1n) is 9.79. The summed E-state index contributed by atoms with van der Waals surface area (Å²) in [6, 6.07) is 10.9. The Bertz CT molecular complexity index is 1000. The highest BCUT2D eigenvalue weighted by molar-refractivity contribution is 7.91. The van der Waals surface area contributed by atoms with Crippen molar-refractivity contribution in [1.29, 1.82) is 0 Å². The van der Waals surface area contributed by atoms with Crippen molar-refractivity contribution >= 4 is 21.4 Å². The van der Waals surface area contributed by atoms with Gasteiger partial charge in [0.25, 0.3) is 0 Å². The molecule has 0 fully saturated rings. The predicted octanol–water partition coefficient (Wildman–Crippen LogP) is 4.46. The summed E-state index contributed by atoms with van der Waals surface area (Å²) < 4.78 is 64.1. The lowest BCUT2D eigenvalue weighted by Crippen LogP contribution is -2.43. The number of benzene rings is 2. The quantitative estimate of drug-likeness (QED) is 0.613. The third kappa shape index (κ3) is 6.07. The predicted molar refractivity (Wildman–Crippen MR) is 112 cm³/mol. The zero-order valence-corrected chi connectivity index (χ0v) is 18.3. The number of hydrogen-bond acceptors (Lipinski definition) is 4. The van der Waals surface area contributed by atoms with Crippen LogP contribution in [0.2, 0.25) is 0 Å². The van der Waals surface area contributed by atoms with Gasteiger partial charge in [0.05, 0.1) is 17.1 Å². The molecule has 2 aromatic rings. The average molecular weight is 458 g/mol. The summed E-state index contributed by atoms with van der Waals surface area (Å²) in [4.78, 5) is 12.4. The zero-order valence-electron chi connectivity index (χ0n) is 17.5. The Morgan fingerprint density at radius 1 is 1.03 bits per heavy atom. The molecule has 2 aromatic carbocycles. The lowest BCUT2D eigenvalue weighted by molar-refractivity contribution is -0.272. The van der Waals surface area contributed by atoms with E-state index in [0.717, 1.165) is 12.1 Å². The van der Waals surface area contributed by atoms with Gasteiger partial charge in [-0.3, -0.25) is 4.79 Å². The second-order valence-corrected chi connectivity index (χ2v) is 10.1. The molecular formula is C22H26F3NO4S. The van der Waals surface area contributed by atoms with Crippen LogP contribution in [0.4, 0.5) is 18.9 Å². The van der Waals surface area contributed by atoms with Gasteiger partial charge in [0.15, 0.2) is 15.4 Å². The van der Waals surface area contributed by atoms with Crippen molar-refractivity contribution < 1.29 is 31.5 Å². The van der Waals surface area contributed by atoms with Gasteiger partial charge >= 0.3 is 6.18 Å². The maximum atomic E-state index is 13.5. The van der Waals surface area contributed by atoms with Gasteiger partial charge < -0.3 is 10.4 Å². The maximum absolute atomic E-state index is 13.5. The van der Waals surface area contributed by atoms with Gasteiger partial charge in [-0.2, -0.15) is 13.2 Å². The van der Waals surface area contributed by atoms with E-state index >= 15 is 0 Å². The van der Waals surface area contributed by atoms with Gasteiger partial charge in [0, 0.05) is 5.69 Å². The van der Waals surface area contributed by atoms with Crippen LogP contribution < -0.4 is 5.32 Å². The van der Waals surface area contributed by atoms with E-state index in [2.05, 4.69) is 5.32 Å². The molecule has 0 heterocycles. The Morgan fingerprint density at radius 2 is 1.58 bits per heavy atom. The number of aliphatic hydroxyl groups is 1.